The van der Waals surface area contributed by atoms with E-state index in [9.17, 15) is 14.7 Å². The number of aromatic nitrogens is 1. The average Bonchev–Trinajstić information content (AvgIpc) is 3.06. The van der Waals surface area contributed by atoms with Gasteiger partial charge >= 0.3 is 11.9 Å². The molecular formula is C23H29NO4. The Kier molecular flexibility index (Phi) is 5.42. The van der Waals surface area contributed by atoms with Gasteiger partial charge in [0.15, 0.2) is 0 Å². The van der Waals surface area contributed by atoms with Crippen LogP contribution >= 0.6 is 0 Å². The van der Waals surface area contributed by atoms with Crippen LogP contribution in [0.2, 0.25) is 0 Å². The van der Waals surface area contributed by atoms with E-state index in [-0.39, 0.29) is 12.2 Å². The van der Waals surface area contributed by atoms with Gasteiger partial charge in [-0.3, -0.25) is 4.79 Å². The number of carboxylic acid groups (broad SMARTS) is 2. The van der Waals surface area contributed by atoms with Gasteiger partial charge in [-0.25, -0.2) is 4.79 Å². The molecule has 0 radical (unpaired) electrons. The highest BCUT2D eigenvalue weighted by molar-refractivity contribution is 5.95. The van der Waals surface area contributed by atoms with Gasteiger partial charge in [0.05, 0.1) is 0 Å². The number of hydrogen-bond acceptors (Lipinski definition) is 2. The van der Waals surface area contributed by atoms with E-state index in [4.69, 9.17) is 5.11 Å². The van der Waals surface area contributed by atoms with Crippen molar-refractivity contribution in [3.63, 3.8) is 0 Å². The highest BCUT2D eigenvalue weighted by Crippen LogP contribution is 2.44. The molecule has 2 fully saturated rings. The van der Waals surface area contributed by atoms with Crippen LogP contribution in [0.4, 0.5) is 0 Å². The Hall–Kier alpha value is -2.30. The summed E-state index contributed by atoms with van der Waals surface area (Å²) >= 11 is 0. The molecule has 2 aromatic rings. The van der Waals surface area contributed by atoms with Crippen molar-refractivity contribution in [1.82, 2.24) is 4.57 Å². The predicted molar refractivity (Wildman–Crippen MR) is 108 cm³/mol. The molecule has 0 amide bonds. The second-order valence-corrected chi connectivity index (χ2v) is 8.65. The van der Waals surface area contributed by atoms with E-state index in [1.807, 2.05) is 6.07 Å². The molecule has 0 saturated heterocycles. The minimum Gasteiger partial charge on any atom is -0.480 e. The van der Waals surface area contributed by atoms with Crippen LogP contribution in [0.25, 0.3) is 10.9 Å². The van der Waals surface area contributed by atoms with Crippen molar-refractivity contribution >= 4 is 22.8 Å². The van der Waals surface area contributed by atoms with Crippen molar-refractivity contribution < 1.29 is 19.8 Å². The molecule has 0 unspecified atom stereocenters. The number of aromatic carboxylic acids is 1. The van der Waals surface area contributed by atoms with Crippen LogP contribution in [0.15, 0.2) is 24.3 Å². The van der Waals surface area contributed by atoms with Gasteiger partial charge in [0.25, 0.3) is 0 Å². The quantitative estimate of drug-likeness (QED) is 0.736. The minimum absolute atomic E-state index is 0.0401. The van der Waals surface area contributed by atoms with Crippen LogP contribution < -0.4 is 0 Å². The summed E-state index contributed by atoms with van der Waals surface area (Å²) in [6, 6.07) is 7.70. The zero-order chi connectivity index (χ0) is 19.7. The smallest absolute Gasteiger partial charge is 0.352 e. The number of aliphatic carboxylic acids is 1. The van der Waals surface area contributed by atoms with Crippen LogP contribution in [0.1, 0.15) is 79.8 Å². The first kappa shape index (κ1) is 19.0. The lowest BCUT2D eigenvalue weighted by molar-refractivity contribution is -0.137. The summed E-state index contributed by atoms with van der Waals surface area (Å²) in [6.07, 6.45) is 12.0. The number of hydrogen-bond donors (Lipinski definition) is 2. The molecule has 2 N–H and O–H groups in total. The van der Waals surface area contributed by atoms with Crippen LogP contribution in [-0.4, -0.2) is 26.7 Å². The molecule has 0 spiro atoms. The van der Waals surface area contributed by atoms with Crippen LogP contribution in [-0.2, 0) is 11.3 Å². The second kappa shape index (κ2) is 7.98. The summed E-state index contributed by atoms with van der Waals surface area (Å²) < 4.78 is 1.38. The Morgan fingerprint density at radius 3 is 2.39 bits per heavy atom. The first-order chi connectivity index (χ1) is 13.5. The molecule has 1 heterocycles. The first-order valence-electron chi connectivity index (χ1n) is 10.6. The van der Waals surface area contributed by atoms with Gasteiger partial charge in [-0.05, 0) is 54.4 Å². The summed E-state index contributed by atoms with van der Waals surface area (Å²) in [4.78, 5) is 22.7. The fourth-order valence-corrected chi connectivity index (χ4v) is 5.59. The van der Waals surface area contributed by atoms with Crippen molar-refractivity contribution in [2.45, 2.75) is 70.3 Å². The molecule has 1 aromatic carbocycles. The number of benzene rings is 1. The van der Waals surface area contributed by atoms with E-state index in [0.717, 1.165) is 17.2 Å². The maximum Gasteiger partial charge on any atom is 0.352 e. The Morgan fingerprint density at radius 1 is 0.929 bits per heavy atom. The summed E-state index contributed by atoms with van der Waals surface area (Å²) in [5.41, 5.74) is 2.00. The molecular weight excluding hydrogens is 354 g/mol. The first-order valence-corrected chi connectivity index (χ1v) is 10.6. The molecule has 0 bridgehead atoms. The zero-order valence-electron chi connectivity index (χ0n) is 16.3. The lowest BCUT2D eigenvalue weighted by Gasteiger charge is -2.36. The summed E-state index contributed by atoms with van der Waals surface area (Å²) in [5.74, 6) is 0.110. The van der Waals surface area contributed by atoms with E-state index in [1.165, 1.54) is 67.9 Å². The second-order valence-electron chi connectivity index (χ2n) is 8.65. The predicted octanol–water partition coefficient (Wildman–Crippen LogP) is 5.28. The number of carbonyl (C=O) groups is 2. The van der Waals surface area contributed by atoms with Crippen LogP contribution in [0.3, 0.4) is 0 Å². The third-order valence-electron chi connectivity index (χ3n) is 6.94. The van der Waals surface area contributed by atoms with Gasteiger partial charge < -0.3 is 14.8 Å². The fraction of sp³-hybridized carbons (Fsp3) is 0.565. The molecule has 28 heavy (non-hydrogen) atoms. The lowest BCUT2D eigenvalue weighted by atomic mass is 9.69. The molecule has 5 heteroatoms. The Labute approximate surface area is 165 Å². The summed E-state index contributed by atoms with van der Waals surface area (Å²) in [7, 11) is 0. The average molecular weight is 383 g/mol. The fourth-order valence-electron chi connectivity index (χ4n) is 5.59. The maximum atomic E-state index is 11.6. The Morgan fingerprint density at radius 2 is 1.68 bits per heavy atom. The molecule has 2 saturated carbocycles. The topological polar surface area (TPSA) is 79.5 Å². The molecule has 5 nitrogen and oxygen atoms in total. The van der Waals surface area contributed by atoms with Crippen LogP contribution in [0.5, 0.6) is 0 Å². The van der Waals surface area contributed by atoms with Gasteiger partial charge in [-0.15, -0.1) is 0 Å². The highest BCUT2D eigenvalue weighted by atomic mass is 16.4. The molecule has 2 atom stereocenters. The zero-order valence-corrected chi connectivity index (χ0v) is 16.3. The molecule has 2 aliphatic carbocycles. The molecule has 4 rings (SSSR count). The monoisotopic (exact) mass is 383 g/mol. The number of fused-ring (bicyclic) bond motifs is 1. The van der Waals surface area contributed by atoms with E-state index in [0.29, 0.717) is 11.4 Å². The maximum absolute atomic E-state index is 11.6. The van der Waals surface area contributed by atoms with Crippen molar-refractivity contribution in [3.8, 4) is 0 Å². The minimum atomic E-state index is -1.09. The van der Waals surface area contributed by atoms with Gasteiger partial charge in [0.1, 0.15) is 12.2 Å². The van der Waals surface area contributed by atoms with Crippen molar-refractivity contribution in [1.29, 1.82) is 0 Å². The van der Waals surface area contributed by atoms with Crippen molar-refractivity contribution in [3.05, 3.63) is 35.5 Å². The number of nitrogens with zero attached hydrogens (tertiary/aromatic N) is 1. The van der Waals surface area contributed by atoms with Gasteiger partial charge in [-0.1, -0.05) is 51.0 Å². The number of carboxylic acids is 2. The molecule has 2 aliphatic rings. The number of rotatable bonds is 5. The van der Waals surface area contributed by atoms with Gasteiger partial charge in [0, 0.05) is 10.9 Å². The van der Waals surface area contributed by atoms with E-state index < -0.39 is 11.9 Å². The molecule has 150 valence electrons. The lowest BCUT2D eigenvalue weighted by Crippen LogP contribution is -2.23. The largest absolute Gasteiger partial charge is 0.480 e. The van der Waals surface area contributed by atoms with E-state index in [2.05, 4.69) is 12.1 Å². The normalized spacial score (nSPS) is 23.7. The third-order valence-corrected chi connectivity index (χ3v) is 6.94. The van der Waals surface area contributed by atoms with Gasteiger partial charge in [-0.2, -0.15) is 0 Å². The standard InChI is InChI=1S/C23H29NO4/c25-22(26)14-24-20-10-9-18(12-19(20)13-21(24)23(27)28)17-8-4-7-16(11-17)15-5-2-1-3-6-15/h9-10,12-13,15-17H,1-8,11,14H2,(H,25,26)(H,27,28)/t16-,17+/m0/s1. The Bertz CT molecular complexity index is 878. The van der Waals surface area contributed by atoms with Crippen molar-refractivity contribution in [2.75, 3.05) is 0 Å². The summed E-state index contributed by atoms with van der Waals surface area (Å²) in [6.45, 7) is -0.336. The third kappa shape index (κ3) is 3.80. The Balaban J connectivity index is 1.60. The molecule has 1 aromatic heterocycles. The highest BCUT2D eigenvalue weighted by Gasteiger charge is 2.30. The van der Waals surface area contributed by atoms with Crippen LogP contribution in [0, 0.1) is 11.8 Å². The summed E-state index contributed by atoms with van der Waals surface area (Å²) in [5, 5.41) is 19.4. The van der Waals surface area contributed by atoms with E-state index in [1.54, 1.807) is 6.07 Å². The SMILES string of the molecule is O=C(O)Cn1c(C(=O)O)cc2cc([C@@H]3CCC[C@H](C4CCCCC4)C3)ccc21. The molecule has 0 aliphatic heterocycles. The van der Waals surface area contributed by atoms with Gasteiger partial charge in [0.2, 0.25) is 0 Å². The van der Waals surface area contributed by atoms with Crippen molar-refractivity contribution in [2.24, 2.45) is 11.8 Å². The van der Waals surface area contributed by atoms with E-state index >= 15 is 0 Å².